The van der Waals surface area contributed by atoms with Gasteiger partial charge in [0, 0.05) is 17.5 Å². The molecule has 0 saturated carbocycles. The highest BCUT2D eigenvalue weighted by atomic mass is 35.5. The molecule has 0 aliphatic rings. The lowest BCUT2D eigenvalue weighted by molar-refractivity contribution is 0.0697. The number of urea groups is 1. The predicted molar refractivity (Wildman–Crippen MR) is 83.0 cm³/mol. The predicted octanol–water partition coefficient (Wildman–Crippen LogP) is 3.30. The van der Waals surface area contributed by atoms with Crippen LogP contribution >= 0.6 is 23.4 Å². The Hall–Kier alpha value is -1.40. The Kier molecular flexibility index (Phi) is 6.67. The second kappa shape index (κ2) is 8.01. The number of halogens is 1. The minimum atomic E-state index is -1.13. The lowest BCUT2D eigenvalue weighted by Gasteiger charge is -2.11. The average Bonchev–Trinajstić information content (AvgIpc) is 2.40. The Morgan fingerprint density at radius 1 is 1.45 bits per heavy atom. The van der Waals surface area contributed by atoms with Gasteiger partial charge in [-0.25, -0.2) is 9.59 Å². The molecule has 1 aromatic rings. The number of rotatable bonds is 6. The monoisotopic (exact) mass is 316 g/mol. The first-order chi connectivity index (χ1) is 9.43. The number of hydrogen-bond acceptors (Lipinski definition) is 3. The summed E-state index contributed by atoms with van der Waals surface area (Å²) < 4.78 is 0. The first-order valence-electron chi connectivity index (χ1n) is 6.04. The summed E-state index contributed by atoms with van der Waals surface area (Å²) in [5, 5.41) is 14.8. The third-order valence-electron chi connectivity index (χ3n) is 2.69. The Balaban J connectivity index is 2.54. The Morgan fingerprint density at radius 2 is 2.15 bits per heavy atom. The molecular weight excluding hydrogens is 300 g/mol. The van der Waals surface area contributed by atoms with Crippen molar-refractivity contribution in [2.24, 2.45) is 0 Å². The SMILES string of the molecule is CSC(C)CCNC(=O)Nc1ccc(Cl)c(C(=O)O)c1. The van der Waals surface area contributed by atoms with Crippen molar-refractivity contribution in [1.29, 1.82) is 0 Å². The molecule has 0 aliphatic heterocycles. The van der Waals surface area contributed by atoms with Gasteiger partial charge >= 0.3 is 12.0 Å². The van der Waals surface area contributed by atoms with Gasteiger partial charge in [-0.15, -0.1) is 0 Å². The standard InChI is InChI=1S/C13H17ClN2O3S/c1-8(20-2)5-6-15-13(19)16-9-3-4-11(14)10(7-9)12(17)18/h3-4,7-8H,5-6H2,1-2H3,(H,17,18)(H2,15,16,19). The van der Waals surface area contributed by atoms with Gasteiger partial charge in [-0.3, -0.25) is 0 Å². The number of amides is 2. The van der Waals surface area contributed by atoms with Crippen molar-refractivity contribution >= 4 is 41.1 Å². The molecule has 0 saturated heterocycles. The molecule has 1 unspecified atom stereocenters. The number of nitrogens with one attached hydrogen (secondary N) is 2. The molecule has 1 atom stereocenters. The number of thioether (sulfide) groups is 1. The lowest BCUT2D eigenvalue weighted by atomic mass is 10.2. The quantitative estimate of drug-likeness (QED) is 0.752. The Morgan fingerprint density at radius 3 is 2.75 bits per heavy atom. The highest BCUT2D eigenvalue weighted by molar-refractivity contribution is 7.99. The summed E-state index contributed by atoms with van der Waals surface area (Å²) in [7, 11) is 0. The maximum absolute atomic E-state index is 11.6. The van der Waals surface area contributed by atoms with Crippen molar-refractivity contribution in [3.63, 3.8) is 0 Å². The minimum Gasteiger partial charge on any atom is -0.478 e. The first-order valence-corrected chi connectivity index (χ1v) is 7.71. The zero-order valence-corrected chi connectivity index (χ0v) is 12.8. The van der Waals surface area contributed by atoms with Gasteiger partial charge in [-0.1, -0.05) is 18.5 Å². The molecule has 0 heterocycles. The van der Waals surface area contributed by atoms with E-state index < -0.39 is 5.97 Å². The van der Waals surface area contributed by atoms with E-state index in [0.717, 1.165) is 6.42 Å². The molecule has 1 aromatic carbocycles. The Labute approximate surface area is 127 Å². The molecular formula is C13H17ClN2O3S. The molecule has 2 amide bonds. The van der Waals surface area contributed by atoms with E-state index >= 15 is 0 Å². The summed E-state index contributed by atoms with van der Waals surface area (Å²) in [6, 6.07) is 3.96. The second-order valence-electron chi connectivity index (χ2n) is 4.22. The third kappa shape index (κ3) is 5.30. The van der Waals surface area contributed by atoms with Crippen LogP contribution in [0.3, 0.4) is 0 Å². The molecule has 3 N–H and O–H groups in total. The maximum atomic E-state index is 11.6. The molecule has 0 fully saturated rings. The number of carboxylic acid groups (broad SMARTS) is 1. The van der Waals surface area contributed by atoms with Gasteiger partial charge < -0.3 is 15.7 Å². The molecule has 0 aromatic heterocycles. The van der Waals surface area contributed by atoms with Crippen LogP contribution in [-0.4, -0.2) is 35.2 Å². The van der Waals surface area contributed by atoms with Crippen LogP contribution in [0.25, 0.3) is 0 Å². The molecule has 20 heavy (non-hydrogen) atoms. The summed E-state index contributed by atoms with van der Waals surface area (Å²) in [6.07, 6.45) is 2.89. The van der Waals surface area contributed by atoms with Crippen LogP contribution in [0.2, 0.25) is 5.02 Å². The van der Waals surface area contributed by atoms with Crippen molar-refractivity contribution in [3.05, 3.63) is 28.8 Å². The van der Waals surface area contributed by atoms with Crippen LogP contribution in [0.15, 0.2) is 18.2 Å². The summed E-state index contributed by atoms with van der Waals surface area (Å²) >= 11 is 7.49. The van der Waals surface area contributed by atoms with E-state index in [0.29, 0.717) is 17.5 Å². The summed E-state index contributed by atoms with van der Waals surface area (Å²) in [6.45, 7) is 2.65. The molecule has 7 heteroatoms. The van der Waals surface area contributed by atoms with Crippen molar-refractivity contribution < 1.29 is 14.7 Å². The van der Waals surface area contributed by atoms with Gasteiger partial charge in [0.25, 0.3) is 0 Å². The zero-order valence-electron chi connectivity index (χ0n) is 11.3. The molecule has 5 nitrogen and oxygen atoms in total. The summed E-state index contributed by atoms with van der Waals surface area (Å²) in [5.41, 5.74) is 0.350. The summed E-state index contributed by atoms with van der Waals surface area (Å²) in [5.74, 6) is -1.13. The van der Waals surface area contributed by atoms with Gasteiger partial charge in [-0.05, 0) is 30.9 Å². The van der Waals surface area contributed by atoms with Gasteiger partial charge in [0.1, 0.15) is 0 Å². The Bertz CT molecular complexity index is 497. The van der Waals surface area contributed by atoms with Crippen LogP contribution in [0.4, 0.5) is 10.5 Å². The normalized spacial score (nSPS) is 11.8. The number of carbonyl (C=O) groups excluding carboxylic acids is 1. The minimum absolute atomic E-state index is 0.0412. The van der Waals surface area contributed by atoms with Gasteiger partial charge in [0.15, 0.2) is 0 Å². The molecule has 1 rings (SSSR count). The van der Waals surface area contributed by atoms with E-state index in [2.05, 4.69) is 17.6 Å². The van der Waals surface area contributed by atoms with Gasteiger partial charge in [0.05, 0.1) is 10.6 Å². The fourth-order valence-electron chi connectivity index (χ4n) is 1.45. The van der Waals surface area contributed by atoms with E-state index in [1.54, 1.807) is 17.8 Å². The highest BCUT2D eigenvalue weighted by Crippen LogP contribution is 2.20. The largest absolute Gasteiger partial charge is 0.478 e. The average molecular weight is 317 g/mol. The summed E-state index contributed by atoms with van der Waals surface area (Å²) in [4.78, 5) is 22.6. The van der Waals surface area contributed by atoms with E-state index in [1.165, 1.54) is 12.1 Å². The number of carboxylic acids is 1. The number of carbonyl (C=O) groups is 2. The molecule has 0 spiro atoms. The molecule has 0 aliphatic carbocycles. The van der Waals surface area contributed by atoms with Crippen molar-refractivity contribution in [3.8, 4) is 0 Å². The second-order valence-corrected chi connectivity index (χ2v) is 5.90. The third-order valence-corrected chi connectivity index (χ3v) is 4.06. The highest BCUT2D eigenvalue weighted by Gasteiger charge is 2.10. The van der Waals surface area contributed by atoms with Crippen LogP contribution in [-0.2, 0) is 0 Å². The zero-order chi connectivity index (χ0) is 15.1. The smallest absolute Gasteiger partial charge is 0.337 e. The number of anilines is 1. The van der Waals surface area contributed by atoms with Crippen molar-refractivity contribution in [2.45, 2.75) is 18.6 Å². The van der Waals surface area contributed by atoms with Crippen LogP contribution < -0.4 is 10.6 Å². The molecule has 0 bridgehead atoms. The van der Waals surface area contributed by atoms with E-state index in [1.807, 2.05) is 6.26 Å². The fraction of sp³-hybridized carbons (Fsp3) is 0.385. The van der Waals surface area contributed by atoms with E-state index in [9.17, 15) is 9.59 Å². The van der Waals surface area contributed by atoms with Gasteiger partial charge in [-0.2, -0.15) is 11.8 Å². The van der Waals surface area contributed by atoms with E-state index in [-0.39, 0.29) is 16.6 Å². The molecule has 0 radical (unpaired) electrons. The van der Waals surface area contributed by atoms with Gasteiger partial charge in [0.2, 0.25) is 0 Å². The number of benzene rings is 1. The number of aromatic carboxylic acids is 1. The van der Waals surface area contributed by atoms with E-state index in [4.69, 9.17) is 16.7 Å². The fourth-order valence-corrected chi connectivity index (χ4v) is 2.00. The topological polar surface area (TPSA) is 78.4 Å². The lowest BCUT2D eigenvalue weighted by Crippen LogP contribution is -2.30. The van der Waals surface area contributed by atoms with Crippen LogP contribution in [0.1, 0.15) is 23.7 Å². The van der Waals surface area contributed by atoms with Crippen LogP contribution in [0, 0.1) is 0 Å². The van der Waals surface area contributed by atoms with Crippen molar-refractivity contribution in [2.75, 3.05) is 18.1 Å². The maximum Gasteiger partial charge on any atom is 0.337 e. The molecule has 110 valence electrons. The van der Waals surface area contributed by atoms with Crippen LogP contribution in [0.5, 0.6) is 0 Å². The number of hydrogen-bond donors (Lipinski definition) is 3. The first kappa shape index (κ1) is 16.7. The van der Waals surface area contributed by atoms with Crippen molar-refractivity contribution in [1.82, 2.24) is 5.32 Å².